The molecule has 0 radical (unpaired) electrons. The first-order valence-corrected chi connectivity index (χ1v) is 11.7. The van der Waals surface area contributed by atoms with E-state index in [1.165, 1.54) is 19.3 Å². The largest absolute Gasteiger partial charge is 0.481 e. The van der Waals surface area contributed by atoms with E-state index in [2.05, 4.69) is 0 Å². The monoisotopic (exact) mass is 418 g/mol. The van der Waals surface area contributed by atoms with Gasteiger partial charge < -0.3 is 20.4 Å². The fraction of sp³-hybridized carbons (Fsp3) is 0.913. The number of unbranched alkanes of at least 4 members (excludes halogenated alkanes) is 12. The van der Waals surface area contributed by atoms with Crippen LogP contribution in [0.4, 0.5) is 0 Å². The highest BCUT2D eigenvalue weighted by molar-refractivity contribution is 5.69. The van der Waals surface area contributed by atoms with Crippen molar-refractivity contribution in [1.82, 2.24) is 0 Å². The summed E-state index contributed by atoms with van der Waals surface area (Å²) in [6.45, 7) is 2.58. The van der Waals surface area contributed by atoms with Crippen molar-refractivity contribution in [1.29, 1.82) is 0 Å². The normalized spacial score (nSPS) is 11.6. The van der Waals surface area contributed by atoms with Crippen LogP contribution in [-0.2, 0) is 9.59 Å². The van der Waals surface area contributed by atoms with Gasteiger partial charge in [0.25, 0.3) is 0 Å². The van der Waals surface area contributed by atoms with Gasteiger partial charge in [0.2, 0.25) is 0 Å². The number of rotatable bonds is 20. The molecule has 1 unspecified atom stereocenters. The van der Waals surface area contributed by atoms with Gasteiger partial charge in [0, 0.05) is 19.6 Å². The van der Waals surface area contributed by atoms with Gasteiger partial charge in [-0.05, 0) is 32.1 Å². The molecule has 0 spiro atoms. The Balaban J connectivity index is 0. The lowest BCUT2D eigenvalue weighted by atomic mass is 9.98. The molecule has 0 aromatic rings. The highest BCUT2D eigenvalue weighted by Gasteiger charge is 2.13. The lowest BCUT2D eigenvalue weighted by molar-refractivity contribution is -0.142. The molecule has 0 aromatic heterocycles. The molecule has 6 nitrogen and oxygen atoms in total. The van der Waals surface area contributed by atoms with Crippen molar-refractivity contribution < 1.29 is 30.0 Å². The topological polar surface area (TPSA) is 115 Å². The number of carboxylic acid groups (broad SMARTS) is 2. The zero-order chi connectivity index (χ0) is 22.2. The lowest BCUT2D eigenvalue weighted by Gasteiger charge is -2.08. The molecule has 0 aliphatic carbocycles. The van der Waals surface area contributed by atoms with Crippen molar-refractivity contribution in [2.24, 2.45) is 5.92 Å². The molecule has 0 heterocycles. The van der Waals surface area contributed by atoms with E-state index in [4.69, 9.17) is 20.4 Å². The Morgan fingerprint density at radius 3 is 1.34 bits per heavy atom. The van der Waals surface area contributed by atoms with Crippen LogP contribution in [0.5, 0.6) is 0 Å². The van der Waals surface area contributed by atoms with Gasteiger partial charge in [-0.2, -0.15) is 0 Å². The Labute approximate surface area is 177 Å². The molecule has 0 saturated heterocycles. The zero-order valence-corrected chi connectivity index (χ0v) is 18.6. The van der Waals surface area contributed by atoms with Crippen molar-refractivity contribution in [2.45, 2.75) is 116 Å². The molecule has 4 N–H and O–H groups in total. The van der Waals surface area contributed by atoms with Gasteiger partial charge in [-0.1, -0.05) is 77.6 Å². The fourth-order valence-corrected chi connectivity index (χ4v) is 3.16. The maximum absolute atomic E-state index is 10.8. The number of aliphatic hydroxyl groups is 2. The molecule has 0 amide bonds. The zero-order valence-electron chi connectivity index (χ0n) is 18.6. The Hall–Kier alpha value is -1.14. The molecule has 0 rings (SSSR count). The second-order valence-electron chi connectivity index (χ2n) is 7.77. The molecular weight excluding hydrogens is 372 g/mol. The van der Waals surface area contributed by atoms with Crippen LogP contribution in [0, 0.1) is 5.92 Å². The summed E-state index contributed by atoms with van der Waals surface area (Å²) in [6, 6.07) is 0. The highest BCUT2D eigenvalue weighted by Crippen LogP contribution is 2.15. The number of carbonyl (C=O) groups is 2. The Kier molecular flexibility index (Phi) is 25.8. The SMILES string of the molecule is CCC(CCCCCCCCCC(=O)O)C(=O)O.OCCCCCCCCCO. The van der Waals surface area contributed by atoms with Crippen molar-refractivity contribution in [3.05, 3.63) is 0 Å². The van der Waals surface area contributed by atoms with E-state index in [0.717, 1.165) is 77.0 Å². The molecule has 0 aromatic carbocycles. The Morgan fingerprint density at radius 2 is 1.00 bits per heavy atom. The maximum atomic E-state index is 10.8. The number of hydrogen-bond acceptors (Lipinski definition) is 4. The molecule has 29 heavy (non-hydrogen) atoms. The predicted octanol–water partition coefficient (Wildman–Crippen LogP) is 5.39. The van der Waals surface area contributed by atoms with Crippen molar-refractivity contribution in [3.63, 3.8) is 0 Å². The van der Waals surface area contributed by atoms with E-state index < -0.39 is 11.9 Å². The van der Waals surface area contributed by atoms with E-state index in [0.29, 0.717) is 19.6 Å². The first kappa shape index (κ1) is 30.1. The number of hydrogen-bond donors (Lipinski definition) is 4. The Morgan fingerprint density at radius 1 is 0.621 bits per heavy atom. The molecule has 0 bridgehead atoms. The summed E-state index contributed by atoms with van der Waals surface area (Å²) < 4.78 is 0. The summed E-state index contributed by atoms with van der Waals surface area (Å²) in [5.41, 5.74) is 0. The minimum absolute atomic E-state index is 0.180. The molecule has 174 valence electrons. The molecule has 0 aliphatic rings. The van der Waals surface area contributed by atoms with Gasteiger partial charge in [-0.3, -0.25) is 9.59 Å². The quantitative estimate of drug-likeness (QED) is 0.197. The van der Waals surface area contributed by atoms with Crippen LogP contribution in [0.1, 0.15) is 116 Å². The molecule has 6 heteroatoms. The summed E-state index contributed by atoms with van der Waals surface area (Å²) in [5.74, 6) is -1.57. The first-order chi connectivity index (χ1) is 14.0. The second kappa shape index (κ2) is 24.9. The van der Waals surface area contributed by atoms with E-state index in [-0.39, 0.29) is 12.3 Å². The third-order valence-electron chi connectivity index (χ3n) is 5.10. The average molecular weight is 419 g/mol. The van der Waals surface area contributed by atoms with Gasteiger partial charge in [0.15, 0.2) is 0 Å². The molecular formula is C23H46O6. The average Bonchev–Trinajstić information content (AvgIpc) is 2.69. The summed E-state index contributed by atoms with van der Waals surface area (Å²) in [4.78, 5) is 21.0. The number of carboxylic acids is 2. The van der Waals surface area contributed by atoms with Crippen LogP contribution >= 0.6 is 0 Å². The van der Waals surface area contributed by atoms with E-state index in [1.807, 2.05) is 6.92 Å². The fourth-order valence-electron chi connectivity index (χ4n) is 3.16. The van der Waals surface area contributed by atoms with E-state index in [1.54, 1.807) is 0 Å². The molecule has 1 atom stereocenters. The highest BCUT2D eigenvalue weighted by atomic mass is 16.4. The summed E-state index contributed by atoms with van der Waals surface area (Å²) in [5, 5.41) is 34.3. The standard InChI is InChI=1S/C14H26O4.C9H20O2/c1-2-12(14(17)18)10-8-6-4-3-5-7-9-11-13(15)16;10-8-6-4-2-1-3-5-7-9-11/h12H,2-11H2,1H3,(H,15,16)(H,17,18);10-11H,1-9H2. The third-order valence-corrected chi connectivity index (χ3v) is 5.10. The van der Waals surface area contributed by atoms with Crippen LogP contribution in [0.15, 0.2) is 0 Å². The first-order valence-electron chi connectivity index (χ1n) is 11.7. The maximum Gasteiger partial charge on any atom is 0.306 e. The van der Waals surface area contributed by atoms with Gasteiger partial charge in [-0.15, -0.1) is 0 Å². The molecule has 0 saturated carbocycles. The lowest BCUT2D eigenvalue weighted by Crippen LogP contribution is -2.12. The van der Waals surface area contributed by atoms with Gasteiger partial charge >= 0.3 is 11.9 Å². The Bertz CT molecular complexity index is 351. The van der Waals surface area contributed by atoms with Gasteiger partial charge in [0.1, 0.15) is 0 Å². The van der Waals surface area contributed by atoms with Crippen LogP contribution in [0.3, 0.4) is 0 Å². The smallest absolute Gasteiger partial charge is 0.306 e. The van der Waals surface area contributed by atoms with Crippen molar-refractivity contribution in [3.8, 4) is 0 Å². The van der Waals surface area contributed by atoms with Crippen LogP contribution in [0.2, 0.25) is 0 Å². The van der Waals surface area contributed by atoms with Crippen LogP contribution in [0.25, 0.3) is 0 Å². The number of aliphatic carboxylic acids is 2. The summed E-state index contributed by atoms with van der Waals surface area (Å²) >= 11 is 0. The van der Waals surface area contributed by atoms with Crippen LogP contribution < -0.4 is 0 Å². The molecule has 0 aliphatic heterocycles. The van der Waals surface area contributed by atoms with Crippen molar-refractivity contribution >= 4 is 11.9 Å². The van der Waals surface area contributed by atoms with Gasteiger partial charge in [-0.25, -0.2) is 0 Å². The summed E-state index contributed by atoms with van der Waals surface area (Å²) in [6.07, 6.45) is 16.8. The minimum atomic E-state index is -0.714. The van der Waals surface area contributed by atoms with E-state index >= 15 is 0 Å². The second-order valence-corrected chi connectivity index (χ2v) is 7.77. The third kappa shape index (κ3) is 26.9. The number of aliphatic hydroxyl groups excluding tert-OH is 2. The summed E-state index contributed by atoms with van der Waals surface area (Å²) in [7, 11) is 0. The van der Waals surface area contributed by atoms with Crippen LogP contribution in [-0.4, -0.2) is 45.6 Å². The predicted molar refractivity (Wildman–Crippen MR) is 117 cm³/mol. The minimum Gasteiger partial charge on any atom is -0.481 e. The van der Waals surface area contributed by atoms with E-state index in [9.17, 15) is 9.59 Å². The van der Waals surface area contributed by atoms with Gasteiger partial charge in [0.05, 0.1) is 5.92 Å². The van der Waals surface area contributed by atoms with Crippen molar-refractivity contribution in [2.75, 3.05) is 13.2 Å². The molecule has 0 fully saturated rings.